The Balaban J connectivity index is 1.68. The Labute approximate surface area is 121 Å². The number of carbonyl (C=O) groups excluding carboxylic acids is 1. The lowest BCUT2D eigenvalue weighted by Crippen LogP contribution is -2.17. The number of nitrogens with zero attached hydrogens (tertiary/aromatic N) is 3. The van der Waals surface area contributed by atoms with Gasteiger partial charge in [0, 0.05) is 17.5 Å². The van der Waals surface area contributed by atoms with Gasteiger partial charge in [-0.15, -0.1) is 0 Å². The summed E-state index contributed by atoms with van der Waals surface area (Å²) < 4.78 is 7.18. The Hall–Kier alpha value is -2.63. The molecule has 0 spiro atoms. The predicted molar refractivity (Wildman–Crippen MR) is 78.9 cm³/mol. The Morgan fingerprint density at radius 3 is 3.05 bits per heavy atom. The van der Waals surface area contributed by atoms with Crippen molar-refractivity contribution in [2.75, 3.05) is 5.32 Å². The number of aryl methyl sites for hydroxylation is 1. The van der Waals surface area contributed by atoms with E-state index in [1.807, 2.05) is 38.1 Å². The number of rotatable bonds is 4. The zero-order valence-electron chi connectivity index (χ0n) is 11.9. The summed E-state index contributed by atoms with van der Waals surface area (Å²) in [5, 5.41) is 7.91. The number of nitrogens with one attached hydrogen (secondary N) is 1. The van der Waals surface area contributed by atoms with E-state index < -0.39 is 0 Å². The number of carbonyl (C=O) groups is 1. The number of amides is 1. The molecule has 108 valence electrons. The Bertz CT molecular complexity index is 761. The summed E-state index contributed by atoms with van der Waals surface area (Å²) in [5.74, 6) is 0.797. The predicted octanol–water partition coefficient (Wildman–Crippen LogP) is 2.92. The second-order valence-electron chi connectivity index (χ2n) is 5.09. The molecule has 0 fully saturated rings. The van der Waals surface area contributed by atoms with Crippen molar-refractivity contribution in [3.05, 3.63) is 42.7 Å². The zero-order valence-corrected chi connectivity index (χ0v) is 11.9. The molecule has 1 amide bonds. The van der Waals surface area contributed by atoms with Gasteiger partial charge in [-0.1, -0.05) is 0 Å². The minimum absolute atomic E-state index is 0.0348. The lowest BCUT2D eigenvalue weighted by molar-refractivity contribution is -0.116. The van der Waals surface area contributed by atoms with Crippen LogP contribution in [-0.2, 0) is 4.79 Å². The zero-order chi connectivity index (χ0) is 14.8. The number of hydrogen-bond acceptors (Lipinski definition) is 4. The second kappa shape index (κ2) is 5.40. The average molecular weight is 284 g/mol. The third kappa shape index (κ3) is 2.94. The van der Waals surface area contributed by atoms with Crippen molar-refractivity contribution < 1.29 is 9.21 Å². The molecular weight excluding hydrogens is 268 g/mol. The third-order valence-corrected chi connectivity index (χ3v) is 3.29. The molecule has 1 aromatic carbocycles. The van der Waals surface area contributed by atoms with E-state index in [9.17, 15) is 4.79 Å². The smallest absolute Gasteiger partial charge is 0.226 e. The number of aromatic nitrogens is 3. The van der Waals surface area contributed by atoms with Crippen molar-refractivity contribution in [2.24, 2.45) is 0 Å². The molecule has 3 rings (SSSR count). The fourth-order valence-corrected chi connectivity index (χ4v) is 2.27. The quantitative estimate of drug-likeness (QED) is 0.799. The van der Waals surface area contributed by atoms with Crippen molar-refractivity contribution >= 4 is 22.6 Å². The maximum Gasteiger partial charge on any atom is 0.226 e. The molecule has 2 aromatic heterocycles. The molecule has 21 heavy (non-hydrogen) atoms. The first-order valence-corrected chi connectivity index (χ1v) is 6.76. The Morgan fingerprint density at radius 2 is 2.29 bits per heavy atom. The normalized spacial score (nSPS) is 12.5. The van der Waals surface area contributed by atoms with Gasteiger partial charge < -0.3 is 9.73 Å². The first-order chi connectivity index (χ1) is 10.1. The fourth-order valence-electron chi connectivity index (χ4n) is 2.27. The van der Waals surface area contributed by atoms with Crippen LogP contribution in [0, 0.1) is 6.92 Å². The van der Waals surface area contributed by atoms with Crippen molar-refractivity contribution in [2.45, 2.75) is 26.3 Å². The highest BCUT2D eigenvalue weighted by Crippen LogP contribution is 2.23. The van der Waals surface area contributed by atoms with Crippen LogP contribution in [0.15, 0.2) is 41.3 Å². The van der Waals surface area contributed by atoms with E-state index >= 15 is 0 Å². The Morgan fingerprint density at radius 1 is 1.43 bits per heavy atom. The molecule has 6 heteroatoms. The van der Waals surface area contributed by atoms with E-state index in [-0.39, 0.29) is 11.9 Å². The van der Waals surface area contributed by atoms with Gasteiger partial charge in [0.2, 0.25) is 5.91 Å². The first kappa shape index (κ1) is 13.4. The van der Waals surface area contributed by atoms with Crippen molar-refractivity contribution in [1.29, 1.82) is 0 Å². The van der Waals surface area contributed by atoms with Crippen LogP contribution >= 0.6 is 0 Å². The Kier molecular flexibility index (Phi) is 3.43. The molecule has 0 aliphatic rings. The van der Waals surface area contributed by atoms with E-state index in [1.165, 1.54) is 6.33 Å². The van der Waals surface area contributed by atoms with Gasteiger partial charge >= 0.3 is 0 Å². The van der Waals surface area contributed by atoms with Gasteiger partial charge in [0.15, 0.2) is 0 Å². The second-order valence-corrected chi connectivity index (χ2v) is 5.09. The molecule has 1 N–H and O–H groups in total. The minimum atomic E-state index is -0.0578. The highest BCUT2D eigenvalue weighted by Gasteiger charge is 2.12. The minimum Gasteiger partial charge on any atom is -0.461 e. The SMILES string of the molecule is Cc1cc2cc(NC(=O)C[C@H](C)n3cncn3)ccc2o1. The van der Waals surface area contributed by atoms with Gasteiger partial charge in [0.05, 0.1) is 6.04 Å². The molecule has 0 unspecified atom stereocenters. The van der Waals surface area contributed by atoms with Crippen LogP contribution in [0.1, 0.15) is 25.1 Å². The van der Waals surface area contributed by atoms with Gasteiger partial charge in [-0.05, 0) is 38.1 Å². The molecule has 0 aliphatic carbocycles. The molecule has 0 radical (unpaired) electrons. The van der Waals surface area contributed by atoms with Gasteiger partial charge in [0.1, 0.15) is 24.0 Å². The molecule has 0 bridgehead atoms. The van der Waals surface area contributed by atoms with Gasteiger partial charge in [-0.2, -0.15) is 5.10 Å². The number of hydrogen-bond donors (Lipinski definition) is 1. The van der Waals surface area contributed by atoms with E-state index in [0.29, 0.717) is 6.42 Å². The summed E-state index contributed by atoms with van der Waals surface area (Å²) in [5.41, 5.74) is 1.58. The summed E-state index contributed by atoms with van der Waals surface area (Å²) in [7, 11) is 0. The fraction of sp³-hybridized carbons (Fsp3) is 0.267. The van der Waals surface area contributed by atoms with Gasteiger partial charge in [-0.3, -0.25) is 4.79 Å². The largest absolute Gasteiger partial charge is 0.461 e. The maximum atomic E-state index is 12.1. The van der Waals surface area contributed by atoms with Crippen molar-refractivity contribution in [3.8, 4) is 0 Å². The maximum absolute atomic E-state index is 12.1. The molecule has 0 saturated carbocycles. The topological polar surface area (TPSA) is 73.0 Å². The van der Waals surface area contributed by atoms with Crippen LogP contribution < -0.4 is 5.32 Å². The lowest BCUT2D eigenvalue weighted by atomic mass is 10.2. The summed E-state index contributed by atoms with van der Waals surface area (Å²) >= 11 is 0. The molecular formula is C15H16N4O2. The molecule has 2 heterocycles. The van der Waals surface area contributed by atoms with Crippen LogP contribution in [0.4, 0.5) is 5.69 Å². The van der Waals surface area contributed by atoms with E-state index in [0.717, 1.165) is 22.4 Å². The molecule has 6 nitrogen and oxygen atoms in total. The highest BCUT2D eigenvalue weighted by atomic mass is 16.3. The van der Waals surface area contributed by atoms with Gasteiger partial charge in [-0.25, -0.2) is 9.67 Å². The molecule has 0 saturated heterocycles. The van der Waals surface area contributed by atoms with Crippen LogP contribution in [-0.4, -0.2) is 20.7 Å². The summed E-state index contributed by atoms with van der Waals surface area (Å²) in [6.07, 6.45) is 3.41. The highest BCUT2D eigenvalue weighted by molar-refractivity contribution is 5.93. The summed E-state index contributed by atoms with van der Waals surface area (Å²) in [4.78, 5) is 15.9. The number of fused-ring (bicyclic) bond motifs is 1. The number of furan rings is 1. The number of anilines is 1. The average Bonchev–Trinajstić information content (AvgIpc) is 3.05. The number of benzene rings is 1. The molecule has 0 aliphatic heterocycles. The van der Waals surface area contributed by atoms with E-state index in [2.05, 4.69) is 15.4 Å². The van der Waals surface area contributed by atoms with Crippen LogP contribution in [0.5, 0.6) is 0 Å². The summed E-state index contributed by atoms with van der Waals surface area (Å²) in [6.45, 7) is 3.83. The monoisotopic (exact) mass is 284 g/mol. The third-order valence-electron chi connectivity index (χ3n) is 3.29. The van der Waals surface area contributed by atoms with E-state index in [4.69, 9.17) is 4.42 Å². The van der Waals surface area contributed by atoms with Crippen LogP contribution in [0.3, 0.4) is 0 Å². The van der Waals surface area contributed by atoms with Crippen molar-refractivity contribution in [1.82, 2.24) is 14.8 Å². The molecule has 3 aromatic rings. The van der Waals surface area contributed by atoms with Gasteiger partial charge in [0.25, 0.3) is 0 Å². The van der Waals surface area contributed by atoms with Crippen LogP contribution in [0.2, 0.25) is 0 Å². The summed E-state index contributed by atoms with van der Waals surface area (Å²) in [6, 6.07) is 7.52. The first-order valence-electron chi connectivity index (χ1n) is 6.76. The van der Waals surface area contributed by atoms with Crippen molar-refractivity contribution in [3.63, 3.8) is 0 Å². The standard InChI is InChI=1S/C15H16N4O2/c1-10(19-9-16-8-17-19)5-15(20)18-13-3-4-14-12(7-13)6-11(2)21-14/h3-4,6-10H,5H2,1-2H3,(H,18,20)/t10-/m0/s1. The van der Waals surface area contributed by atoms with E-state index in [1.54, 1.807) is 11.0 Å². The van der Waals surface area contributed by atoms with Crippen LogP contribution in [0.25, 0.3) is 11.0 Å². The lowest BCUT2D eigenvalue weighted by Gasteiger charge is -2.11. The molecule has 1 atom stereocenters.